The zero-order valence-corrected chi connectivity index (χ0v) is 23.7. The molecule has 8 nitrogen and oxygen atoms in total. The molecule has 1 aliphatic rings. The van der Waals surface area contributed by atoms with E-state index in [0.29, 0.717) is 59.0 Å². The van der Waals surface area contributed by atoms with Gasteiger partial charge in [-0.15, -0.1) is 0 Å². The SMILES string of the molecule is COc1cc(Br)c(/C=C(\C(=O)Nc2ccccc2)C(=O)N2CCN(c3ccc(C(C)=O)cc3)CC2)cc1OC. The van der Waals surface area contributed by atoms with Crippen LogP contribution in [-0.4, -0.2) is 62.9 Å². The van der Waals surface area contributed by atoms with Crippen molar-refractivity contribution in [2.75, 3.05) is 50.6 Å². The second-order valence-electron chi connectivity index (χ2n) is 8.99. The molecule has 0 radical (unpaired) electrons. The highest BCUT2D eigenvalue weighted by Crippen LogP contribution is 2.34. The number of para-hydroxylation sites is 1. The molecule has 4 rings (SSSR count). The lowest BCUT2D eigenvalue weighted by Gasteiger charge is -2.36. The molecular formula is C30H30BrN3O5. The Morgan fingerprint density at radius 1 is 0.872 bits per heavy atom. The zero-order chi connectivity index (χ0) is 27.9. The molecule has 1 aliphatic heterocycles. The van der Waals surface area contributed by atoms with E-state index in [0.717, 1.165) is 5.69 Å². The molecule has 2 amide bonds. The minimum Gasteiger partial charge on any atom is -0.493 e. The molecule has 0 spiro atoms. The van der Waals surface area contributed by atoms with Gasteiger partial charge < -0.3 is 24.6 Å². The van der Waals surface area contributed by atoms with E-state index in [-0.39, 0.29) is 17.3 Å². The number of Topliss-reactive ketones (excluding diaryl/α,β-unsaturated/α-hetero) is 1. The van der Waals surface area contributed by atoms with Gasteiger partial charge in [-0.05, 0) is 67.1 Å². The van der Waals surface area contributed by atoms with Crippen molar-refractivity contribution in [2.24, 2.45) is 0 Å². The fraction of sp³-hybridized carbons (Fsp3) is 0.233. The average Bonchev–Trinajstić information content (AvgIpc) is 2.96. The summed E-state index contributed by atoms with van der Waals surface area (Å²) in [5.41, 5.74) is 2.84. The molecule has 3 aromatic rings. The van der Waals surface area contributed by atoms with E-state index in [9.17, 15) is 14.4 Å². The Balaban J connectivity index is 1.58. The van der Waals surface area contributed by atoms with Crippen LogP contribution >= 0.6 is 15.9 Å². The normalized spacial score (nSPS) is 13.6. The molecule has 0 bridgehead atoms. The number of halogens is 1. The second kappa shape index (κ2) is 12.6. The summed E-state index contributed by atoms with van der Waals surface area (Å²) in [5, 5.41) is 2.84. The van der Waals surface area contributed by atoms with E-state index >= 15 is 0 Å². The standard InChI is InChI=1S/C30H30BrN3O5/c1-20(35)21-9-11-24(12-10-21)33-13-15-34(16-14-33)30(37)25(29(36)32-23-7-5-4-6-8-23)17-22-18-27(38-2)28(39-3)19-26(22)31/h4-12,17-19H,13-16H2,1-3H3,(H,32,36)/b25-17+. The van der Waals surface area contributed by atoms with Crippen LogP contribution in [0, 0.1) is 0 Å². The molecule has 1 heterocycles. The predicted molar refractivity (Wildman–Crippen MR) is 156 cm³/mol. The molecule has 9 heteroatoms. The minimum absolute atomic E-state index is 0.00559. The van der Waals surface area contributed by atoms with Crippen LogP contribution in [0.1, 0.15) is 22.8 Å². The van der Waals surface area contributed by atoms with Crippen LogP contribution in [0.4, 0.5) is 11.4 Å². The molecular weight excluding hydrogens is 562 g/mol. The van der Waals surface area contributed by atoms with Crippen LogP contribution in [0.2, 0.25) is 0 Å². The highest BCUT2D eigenvalue weighted by atomic mass is 79.9. The second-order valence-corrected chi connectivity index (χ2v) is 9.84. The molecule has 1 N–H and O–H groups in total. The number of anilines is 2. The van der Waals surface area contributed by atoms with Gasteiger partial charge in [0, 0.05) is 47.6 Å². The quantitative estimate of drug-likeness (QED) is 0.171. The molecule has 0 atom stereocenters. The number of ketones is 1. The van der Waals surface area contributed by atoms with E-state index in [1.54, 1.807) is 49.3 Å². The van der Waals surface area contributed by atoms with Crippen molar-refractivity contribution in [1.82, 2.24) is 4.90 Å². The van der Waals surface area contributed by atoms with Gasteiger partial charge in [0.2, 0.25) is 0 Å². The summed E-state index contributed by atoms with van der Waals surface area (Å²) >= 11 is 3.52. The molecule has 39 heavy (non-hydrogen) atoms. The van der Waals surface area contributed by atoms with Crippen molar-refractivity contribution >= 4 is 51.0 Å². The molecule has 1 fully saturated rings. The monoisotopic (exact) mass is 591 g/mol. The van der Waals surface area contributed by atoms with Gasteiger partial charge in [-0.3, -0.25) is 14.4 Å². The van der Waals surface area contributed by atoms with Crippen molar-refractivity contribution in [2.45, 2.75) is 6.92 Å². The van der Waals surface area contributed by atoms with Crippen LogP contribution in [0.15, 0.2) is 76.8 Å². The summed E-state index contributed by atoms with van der Waals surface area (Å²) in [6, 6.07) is 19.9. The Labute approximate surface area is 236 Å². The van der Waals surface area contributed by atoms with Crippen LogP contribution in [0.3, 0.4) is 0 Å². The number of piperazine rings is 1. The third-order valence-electron chi connectivity index (χ3n) is 6.52. The topological polar surface area (TPSA) is 88.2 Å². The van der Waals surface area contributed by atoms with Crippen molar-refractivity contribution in [3.8, 4) is 11.5 Å². The van der Waals surface area contributed by atoms with E-state index in [4.69, 9.17) is 9.47 Å². The molecule has 0 aromatic heterocycles. The summed E-state index contributed by atoms with van der Waals surface area (Å²) in [7, 11) is 3.07. The smallest absolute Gasteiger partial charge is 0.261 e. The number of ether oxygens (including phenoxy) is 2. The number of nitrogens with zero attached hydrogens (tertiary/aromatic N) is 2. The van der Waals surface area contributed by atoms with Gasteiger partial charge in [0.1, 0.15) is 5.57 Å². The van der Waals surface area contributed by atoms with Gasteiger partial charge in [0.25, 0.3) is 11.8 Å². The Kier molecular flexibility index (Phi) is 9.03. The average molecular weight is 592 g/mol. The number of carbonyl (C=O) groups excluding carboxylic acids is 3. The van der Waals surface area contributed by atoms with Gasteiger partial charge in [-0.25, -0.2) is 0 Å². The first kappa shape index (κ1) is 27.9. The number of hydrogen-bond donors (Lipinski definition) is 1. The molecule has 3 aromatic carbocycles. The summed E-state index contributed by atoms with van der Waals surface area (Å²) in [5.74, 6) is 0.153. The number of nitrogens with one attached hydrogen (secondary N) is 1. The number of hydrogen-bond acceptors (Lipinski definition) is 6. The summed E-state index contributed by atoms with van der Waals surface area (Å²) in [6.45, 7) is 3.61. The first-order valence-electron chi connectivity index (χ1n) is 12.5. The maximum absolute atomic E-state index is 13.8. The number of carbonyl (C=O) groups is 3. The molecule has 0 unspecified atom stereocenters. The third kappa shape index (κ3) is 6.67. The van der Waals surface area contributed by atoms with Crippen molar-refractivity contribution in [3.63, 3.8) is 0 Å². The highest BCUT2D eigenvalue weighted by molar-refractivity contribution is 9.10. The van der Waals surface area contributed by atoms with Crippen LogP contribution < -0.4 is 19.7 Å². The summed E-state index contributed by atoms with van der Waals surface area (Å²) in [4.78, 5) is 42.6. The number of benzene rings is 3. The zero-order valence-electron chi connectivity index (χ0n) is 22.1. The maximum atomic E-state index is 13.8. The van der Waals surface area contributed by atoms with Crippen LogP contribution in [-0.2, 0) is 9.59 Å². The Morgan fingerprint density at radius 2 is 1.49 bits per heavy atom. The van der Waals surface area contributed by atoms with Gasteiger partial charge in [-0.2, -0.15) is 0 Å². The van der Waals surface area contributed by atoms with Gasteiger partial charge in [0.05, 0.1) is 14.2 Å². The lowest BCUT2D eigenvalue weighted by atomic mass is 10.1. The lowest BCUT2D eigenvalue weighted by molar-refractivity contribution is -0.129. The fourth-order valence-corrected chi connectivity index (χ4v) is 4.76. The van der Waals surface area contributed by atoms with Crippen molar-refractivity contribution in [1.29, 1.82) is 0 Å². The van der Waals surface area contributed by atoms with Crippen molar-refractivity contribution in [3.05, 3.63) is 87.9 Å². The van der Waals surface area contributed by atoms with Crippen molar-refractivity contribution < 1.29 is 23.9 Å². The first-order chi connectivity index (χ1) is 18.8. The third-order valence-corrected chi connectivity index (χ3v) is 7.20. The molecule has 0 aliphatic carbocycles. The molecule has 0 saturated carbocycles. The van der Waals surface area contributed by atoms with Gasteiger partial charge in [0.15, 0.2) is 17.3 Å². The van der Waals surface area contributed by atoms with E-state index < -0.39 is 5.91 Å². The minimum atomic E-state index is -0.505. The first-order valence-corrected chi connectivity index (χ1v) is 13.2. The van der Waals surface area contributed by atoms with E-state index in [1.807, 2.05) is 42.5 Å². The number of amides is 2. The maximum Gasteiger partial charge on any atom is 0.261 e. The highest BCUT2D eigenvalue weighted by Gasteiger charge is 2.28. The van der Waals surface area contributed by atoms with Gasteiger partial charge in [-0.1, -0.05) is 34.1 Å². The Morgan fingerprint density at radius 3 is 2.08 bits per heavy atom. The van der Waals surface area contributed by atoms with E-state index in [2.05, 4.69) is 26.1 Å². The Bertz CT molecular complexity index is 1380. The summed E-state index contributed by atoms with van der Waals surface area (Å²) < 4.78 is 11.4. The predicted octanol–water partition coefficient (Wildman–Crippen LogP) is 5.04. The molecule has 1 saturated heterocycles. The Hall–Kier alpha value is -4.11. The van der Waals surface area contributed by atoms with Crippen LogP contribution in [0.25, 0.3) is 6.08 Å². The summed E-state index contributed by atoms with van der Waals surface area (Å²) in [6.07, 6.45) is 1.57. The largest absolute Gasteiger partial charge is 0.493 e. The van der Waals surface area contributed by atoms with Gasteiger partial charge >= 0.3 is 0 Å². The molecule has 202 valence electrons. The van der Waals surface area contributed by atoms with E-state index in [1.165, 1.54) is 7.11 Å². The number of rotatable bonds is 8. The van der Waals surface area contributed by atoms with Crippen LogP contribution in [0.5, 0.6) is 11.5 Å². The number of methoxy groups -OCH3 is 2. The fourth-order valence-electron chi connectivity index (χ4n) is 4.33. The lowest BCUT2D eigenvalue weighted by Crippen LogP contribution is -2.50.